The third kappa shape index (κ3) is 3.45. The lowest BCUT2D eigenvalue weighted by Crippen LogP contribution is -2.02. The summed E-state index contributed by atoms with van der Waals surface area (Å²) in [6.45, 7) is 2.29. The fourth-order valence-corrected chi connectivity index (χ4v) is 1.58. The number of carbonyl (C=O) groups is 1. The maximum absolute atomic E-state index is 10.6. The summed E-state index contributed by atoms with van der Waals surface area (Å²) in [6, 6.07) is 3.00. The Balaban J connectivity index is 3.05. The zero-order chi connectivity index (χ0) is 11.4. The maximum atomic E-state index is 10.6. The summed E-state index contributed by atoms with van der Waals surface area (Å²) >= 11 is 16.9. The predicted molar refractivity (Wildman–Crippen MR) is 62.5 cm³/mol. The summed E-state index contributed by atoms with van der Waals surface area (Å²) in [6.07, 6.45) is 0. The second-order valence-corrected chi connectivity index (χ2v) is 3.75. The second kappa shape index (κ2) is 5.45. The molecular weight excluding hydrogens is 260 g/mol. The van der Waals surface area contributed by atoms with E-state index < -0.39 is 5.37 Å². The van der Waals surface area contributed by atoms with Crippen molar-refractivity contribution in [2.24, 2.45) is 0 Å². The Hall–Kier alpha value is -0.640. The number of carbonyl (C=O) groups excluding carboxylic acids is 1. The van der Waals surface area contributed by atoms with Crippen molar-refractivity contribution in [3.63, 3.8) is 0 Å². The monoisotopic (exact) mass is 267 g/mol. The zero-order valence-corrected chi connectivity index (χ0v) is 10.1. The molecular formula is C9H8Cl3NO2. The van der Waals surface area contributed by atoms with Crippen LogP contribution in [-0.4, -0.2) is 12.0 Å². The highest BCUT2D eigenvalue weighted by atomic mass is 35.5. The first-order valence-electron chi connectivity index (χ1n) is 4.13. The Kier molecular flexibility index (Phi) is 4.51. The van der Waals surface area contributed by atoms with Crippen LogP contribution in [0.15, 0.2) is 12.1 Å². The van der Waals surface area contributed by atoms with E-state index in [-0.39, 0.29) is 0 Å². The Bertz CT molecular complexity index is 382. The summed E-state index contributed by atoms with van der Waals surface area (Å²) in [4.78, 5) is 10.6. The summed E-state index contributed by atoms with van der Waals surface area (Å²) in [7, 11) is 0. The van der Waals surface area contributed by atoms with Crippen molar-refractivity contribution in [1.29, 1.82) is 0 Å². The van der Waals surface area contributed by atoms with E-state index in [9.17, 15) is 4.79 Å². The van der Waals surface area contributed by atoms with E-state index in [2.05, 4.69) is 5.32 Å². The number of rotatable bonds is 3. The molecule has 15 heavy (non-hydrogen) atoms. The number of anilines is 1. The van der Waals surface area contributed by atoms with Gasteiger partial charge in [0.2, 0.25) is 0 Å². The SMILES string of the molecule is CCOc1cc(NC(=O)Cl)c(Cl)cc1Cl. The Morgan fingerprint density at radius 1 is 1.40 bits per heavy atom. The lowest BCUT2D eigenvalue weighted by atomic mass is 10.3. The number of benzene rings is 1. The van der Waals surface area contributed by atoms with Crippen molar-refractivity contribution in [3.8, 4) is 5.75 Å². The minimum Gasteiger partial charge on any atom is -0.492 e. The van der Waals surface area contributed by atoms with E-state index in [0.717, 1.165) is 0 Å². The molecule has 0 fully saturated rings. The van der Waals surface area contributed by atoms with Gasteiger partial charge in [0.25, 0.3) is 0 Å². The lowest BCUT2D eigenvalue weighted by Gasteiger charge is -2.09. The molecule has 0 bridgehead atoms. The van der Waals surface area contributed by atoms with Gasteiger partial charge < -0.3 is 10.1 Å². The molecule has 0 radical (unpaired) electrons. The first-order valence-corrected chi connectivity index (χ1v) is 5.26. The van der Waals surface area contributed by atoms with E-state index >= 15 is 0 Å². The first-order chi connectivity index (χ1) is 7.04. The van der Waals surface area contributed by atoms with Gasteiger partial charge in [-0.15, -0.1) is 0 Å². The van der Waals surface area contributed by atoms with E-state index in [0.29, 0.717) is 28.1 Å². The van der Waals surface area contributed by atoms with Crippen LogP contribution in [0.3, 0.4) is 0 Å². The number of ether oxygens (including phenoxy) is 1. The fraction of sp³-hybridized carbons (Fsp3) is 0.222. The molecule has 1 rings (SSSR count). The van der Waals surface area contributed by atoms with Crippen molar-refractivity contribution in [2.45, 2.75) is 6.92 Å². The van der Waals surface area contributed by atoms with Crippen molar-refractivity contribution >= 4 is 45.9 Å². The number of nitrogens with one attached hydrogen (secondary N) is 1. The van der Waals surface area contributed by atoms with Gasteiger partial charge in [-0.3, -0.25) is 4.79 Å². The zero-order valence-electron chi connectivity index (χ0n) is 7.81. The quantitative estimate of drug-likeness (QED) is 0.660. The second-order valence-electron chi connectivity index (χ2n) is 2.59. The third-order valence-corrected chi connectivity index (χ3v) is 2.26. The average Bonchev–Trinajstić information content (AvgIpc) is 2.12. The molecule has 1 aromatic carbocycles. The van der Waals surface area contributed by atoms with Crippen molar-refractivity contribution in [1.82, 2.24) is 0 Å². The van der Waals surface area contributed by atoms with Gasteiger partial charge in [-0.2, -0.15) is 0 Å². The van der Waals surface area contributed by atoms with Gasteiger partial charge in [0.15, 0.2) is 0 Å². The molecule has 0 unspecified atom stereocenters. The van der Waals surface area contributed by atoms with Crippen LogP contribution in [-0.2, 0) is 0 Å². The molecule has 0 aliphatic heterocycles. The summed E-state index contributed by atoms with van der Waals surface area (Å²) in [5.74, 6) is 0.448. The lowest BCUT2D eigenvalue weighted by molar-refractivity contribution is 0.269. The van der Waals surface area contributed by atoms with Crippen molar-refractivity contribution in [2.75, 3.05) is 11.9 Å². The number of hydrogen-bond donors (Lipinski definition) is 1. The Morgan fingerprint density at radius 3 is 2.60 bits per heavy atom. The van der Waals surface area contributed by atoms with Crippen LogP contribution in [0.4, 0.5) is 10.5 Å². The van der Waals surface area contributed by atoms with Crippen LogP contribution >= 0.6 is 34.8 Å². The van der Waals surface area contributed by atoms with Gasteiger partial charge in [0, 0.05) is 6.07 Å². The molecule has 0 aliphatic carbocycles. The summed E-state index contributed by atoms with van der Waals surface area (Å²) in [5, 5.41) is 2.32. The molecule has 1 N–H and O–H groups in total. The van der Waals surface area contributed by atoms with Crippen LogP contribution in [0.25, 0.3) is 0 Å². The molecule has 0 atom stereocenters. The molecule has 0 saturated carbocycles. The molecule has 0 aliphatic rings. The van der Waals surface area contributed by atoms with E-state index in [1.807, 2.05) is 6.92 Å². The van der Waals surface area contributed by atoms with Crippen molar-refractivity contribution < 1.29 is 9.53 Å². The Labute approximate surface area is 102 Å². The third-order valence-electron chi connectivity index (χ3n) is 1.55. The highest BCUT2D eigenvalue weighted by Crippen LogP contribution is 2.34. The van der Waals surface area contributed by atoms with Gasteiger partial charge >= 0.3 is 5.37 Å². The molecule has 0 heterocycles. The molecule has 0 saturated heterocycles. The van der Waals surface area contributed by atoms with E-state index in [1.165, 1.54) is 12.1 Å². The molecule has 0 aromatic heterocycles. The molecule has 1 amide bonds. The topological polar surface area (TPSA) is 38.3 Å². The molecule has 6 heteroatoms. The minimum atomic E-state index is -0.721. The molecule has 3 nitrogen and oxygen atoms in total. The highest BCUT2D eigenvalue weighted by molar-refractivity contribution is 6.66. The molecule has 82 valence electrons. The van der Waals surface area contributed by atoms with Crippen LogP contribution in [0.5, 0.6) is 5.75 Å². The number of hydrogen-bond acceptors (Lipinski definition) is 2. The largest absolute Gasteiger partial charge is 0.492 e. The van der Waals surface area contributed by atoms with Gasteiger partial charge in [-0.25, -0.2) is 0 Å². The normalized spacial score (nSPS) is 9.87. The maximum Gasteiger partial charge on any atom is 0.318 e. The first kappa shape index (κ1) is 12.4. The fourth-order valence-electron chi connectivity index (χ4n) is 0.997. The highest BCUT2D eigenvalue weighted by Gasteiger charge is 2.09. The number of amides is 1. The average molecular weight is 269 g/mol. The van der Waals surface area contributed by atoms with E-state index in [4.69, 9.17) is 39.5 Å². The number of halogens is 3. The van der Waals surface area contributed by atoms with Gasteiger partial charge in [-0.1, -0.05) is 23.2 Å². The van der Waals surface area contributed by atoms with Gasteiger partial charge in [0.05, 0.1) is 22.3 Å². The predicted octanol–water partition coefficient (Wildman–Crippen LogP) is 4.16. The standard InChI is InChI=1S/C9H8Cl3NO2/c1-2-15-8-4-7(13-9(12)14)5(10)3-6(8)11/h3-4H,2H2,1H3,(H,13,14). The van der Waals surface area contributed by atoms with Gasteiger partial charge in [0.1, 0.15) is 5.75 Å². The minimum absolute atomic E-state index is 0.303. The van der Waals surface area contributed by atoms with Gasteiger partial charge in [-0.05, 0) is 24.6 Å². The van der Waals surface area contributed by atoms with Crippen molar-refractivity contribution in [3.05, 3.63) is 22.2 Å². The summed E-state index contributed by atoms with van der Waals surface area (Å²) < 4.78 is 5.23. The van der Waals surface area contributed by atoms with E-state index in [1.54, 1.807) is 0 Å². The summed E-state index contributed by atoms with van der Waals surface area (Å²) in [5.41, 5.74) is 0.365. The van der Waals surface area contributed by atoms with Crippen LogP contribution < -0.4 is 10.1 Å². The van der Waals surface area contributed by atoms with Crippen LogP contribution in [0, 0.1) is 0 Å². The molecule has 1 aromatic rings. The molecule has 0 spiro atoms. The van der Waals surface area contributed by atoms with Crippen LogP contribution in [0.2, 0.25) is 10.0 Å². The smallest absolute Gasteiger partial charge is 0.318 e. The van der Waals surface area contributed by atoms with Crippen LogP contribution in [0.1, 0.15) is 6.92 Å². The Morgan fingerprint density at radius 2 is 2.07 bits per heavy atom.